The molecule has 0 aromatic carbocycles. The number of rotatable bonds is 5. The molecule has 3 aliphatic heterocycles. The minimum absolute atomic E-state index is 0.0167. The summed E-state index contributed by atoms with van der Waals surface area (Å²) in [7, 11) is 0. The molecule has 3 fully saturated rings. The van der Waals surface area contributed by atoms with Crippen molar-refractivity contribution in [1.82, 2.24) is 15.5 Å². The summed E-state index contributed by atoms with van der Waals surface area (Å²) >= 11 is 0. The number of nitrogens with zero attached hydrogens (tertiary/aromatic N) is 1. The highest BCUT2D eigenvalue weighted by molar-refractivity contribution is 5.80. The maximum absolute atomic E-state index is 12.5. The Morgan fingerprint density at radius 1 is 1.25 bits per heavy atom. The van der Waals surface area contributed by atoms with E-state index in [-0.39, 0.29) is 17.9 Å². The molecule has 0 aromatic rings. The van der Waals surface area contributed by atoms with Crippen molar-refractivity contribution in [3.63, 3.8) is 0 Å². The molecule has 0 radical (unpaired) electrons. The van der Waals surface area contributed by atoms with Crippen molar-refractivity contribution in [2.45, 2.75) is 50.7 Å². The van der Waals surface area contributed by atoms with Gasteiger partial charge in [0.1, 0.15) is 0 Å². The van der Waals surface area contributed by atoms with Gasteiger partial charge < -0.3 is 15.4 Å². The Bertz CT molecular complexity index is 350. The summed E-state index contributed by atoms with van der Waals surface area (Å²) in [5, 5.41) is 6.74. The van der Waals surface area contributed by atoms with E-state index in [0.29, 0.717) is 25.3 Å². The van der Waals surface area contributed by atoms with Crippen LogP contribution in [0.25, 0.3) is 0 Å². The van der Waals surface area contributed by atoms with Gasteiger partial charge in [-0.05, 0) is 38.8 Å². The van der Waals surface area contributed by atoms with Crippen LogP contribution in [0, 0.1) is 5.92 Å². The molecule has 3 rings (SSSR count). The predicted octanol–water partition coefficient (Wildman–Crippen LogP) is 0.354. The summed E-state index contributed by atoms with van der Waals surface area (Å²) in [4.78, 5) is 15.0. The Hall–Kier alpha value is -0.650. The van der Waals surface area contributed by atoms with Gasteiger partial charge in [-0.2, -0.15) is 0 Å². The van der Waals surface area contributed by atoms with Crippen LogP contribution in [0.5, 0.6) is 0 Å². The van der Waals surface area contributed by atoms with E-state index in [1.165, 1.54) is 19.4 Å². The Morgan fingerprint density at radius 2 is 2.15 bits per heavy atom. The van der Waals surface area contributed by atoms with Gasteiger partial charge in [0.2, 0.25) is 5.91 Å². The van der Waals surface area contributed by atoms with Crippen LogP contribution in [0.2, 0.25) is 0 Å². The minimum Gasteiger partial charge on any atom is -0.379 e. The maximum atomic E-state index is 12.5. The van der Waals surface area contributed by atoms with E-state index in [9.17, 15) is 4.79 Å². The molecule has 5 nitrogen and oxygen atoms in total. The van der Waals surface area contributed by atoms with Gasteiger partial charge in [-0.1, -0.05) is 6.92 Å². The summed E-state index contributed by atoms with van der Waals surface area (Å²) in [5.74, 6) is 0.173. The average molecular weight is 281 g/mol. The Morgan fingerprint density at radius 3 is 3.00 bits per heavy atom. The Balaban J connectivity index is 1.53. The van der Waals surface area contributed by atoms with Crippen LogP contribution in [0.1, 0.15) is 32.6 Å². The number of ether oxygens (including phenoxy) is 1. The smallest absolute Gasteiger partial charge is 0.227 e. The minimum atomic E-state index is -0.0167. The van der Waals surface area contributed by atoms with Crippen molar-refractivity contribution in [3.05, 3.63) is 0 Å². The summed E-state index contributed by atoms with van der Waals surface area (Å²) in [6, 6.07) is 1.14. The molecule has 1 amide bonds. The second-order valence-electron chi connectivity index (χ2n) is 6.35. The van der Waals surface area contributed by atoms with Gasteiger partial charge in [0.25, 0.3) is 0 Å². The SMILES string of the molecule is CCCNC1COCC1C(=O)NC1CCN2CCCC12. The van der Waals surface area contributed by atoms with Crippen molar-refractivity contribution in [2.24, 2.45) is 5.92 Å². The average Bonchev–Trinajstić information content (AvgIpc) is 3.13. The first-order valence-electron chi connectivity index (χ1n) is 8.15. The van der Waals surface area contributed by atoms with Gasteiger partial charge in [-0.15, -0.1) is 0 Å². The zero-order chi connectivity index (χ0) is 13.9. The lowest BCUT2D eigenvalue weighted by Gasteiger charge is -2.24. The highest BCUT2D eigenvalue weighted by Crippen LogP contribution is 2.28. The van der Waals surface area contributed by atoms with Crippen LogP contribution >= 0.6 is 0 Å². The molecule has 0 aliphatic carbocycles. The van der Waals surface area contributed by atoms with E-state index in [1.807, 2.05) is 0 Å². The maximum Gasteiger partial charge on any atom is 0.227 e. The molecular formula is C15H27N3O2. The molecule has 5 heteroatoms. The number of carbonyl (C=O) groups is 1. The zero-order valence-electron chi connectivity index (χ0n) is 12.4. The highest BCUT2D eigenvalue weighted by atomic mass is 16.5. The fourth-order valence-electron chi connectivity index (χ4n) is 3.88. The third-order valence-corrected chi connectivity index (χ3v) is 5.01. The number of carbonyl (C=O) groups excluding carboxylic acids is 1. The molecule has 4 atom stereocenters. The molecule has 20 heavy (non-hydrogen) atoms. The fraction of sp³-hybridized carbons (Fsp3) is 0.933. The zero-order valence-corrected chi connectivity index (χ0v) is 12.4. The van der Waals surface area contributed by atoms with Crippen LogP contribution in [0.3, 0.4) is 0 Å². The molecule has 0 spiro atoms. The van der Waals surface area contributed by atoms with Crippen molar-refractivity contribution in [2.75, 3.05) is 32.8 Å². The number of amides is 1. The largest absolute Gasteiger partial charge is 0.379 e. The molecule has 3 aliphatic rings. The van der Waals surface area contributed by atoms with E-state index in [0.717, 1.165) is 25.9 Å². The predicted molar refractivity (Wildman–Crippen MR) is 77.5 cm³/mol. The van der Waals surface area contributed by atoms with E-state index in [4.69, 9.17) is 4.74 Å². The number of fused-ring (bicyclic) bond motifs is 1. The lowest BCUT2D eigenvalue weighted by molar-refractivity contribution is -0.126. The number of hydrogen-bond acceptors (Lipinski definition) is 4. The fourth-order valence-corrected chi connectivity index (χ4v) is 3.88. The van der Waals surface area contributed by atoms with Gasteiger partial charge in [0.05, 0.1) is 19.1 Å². The van der Waals surface area contributed by atoms with Gasteiger partial charge >= 0.3 is 0 Å². The normalized spacial score (nSPS) is 37.2. The molecule has 0 bridgehead atoms. The van der Waals surface area contributed by atoms with Crippen molar-refractivity contribution >= 4 is 5.91 Å². The molecule has 0 saturated carbocycles. The first-order chi connectivity index (χ1) is 9.79. The summed E-state index contributed by atoms with van der Waals surface area (Å²) in [5.41, 5.74) is 0. The molecule has 3 heterocycles. The van der Waals surface area contributed by atoms with Crippen LogP contribution in [0.15, 0.2) is 0 Å². The lowest BCUT2D eigenvalue weighted by Crippen LogP contribution is -2.49. The first-order valence-corrected chi connectivity index (χ1v) is 8.15. The molecule has 114 valence electrons. The molecule has 3 saturated heterocycles. The standard InChI is InChI=1S/C15H27N3O2/c1-2-6-16-13-10-20-9-11(13)15(19)17-12-5-8-18-7-3-4-14(12)18/h11-14,16H,2-10H2,1H3,(H,17,19). The van der Waals surface area contributed by atoms with Crippen LogP contribution < -0.4 is 10.6 Å². The number of nitrogens with one attached hydrogen (secondary N) is 2. The summed E-state index contributed by atoms with van der Waals surface area (Å²) < 4.78 is 5.51. The van der Waals surface area contributed by atoms with E-state index in [1.54, 1.807) is 0 Å². The van der Waals surface area contributed by atoms with Gasteiger partial charge in [-0.3, -0.25) is 9.69 Å². The Kier molecular flexibility index (Phi) is 4.58. The van der Waals surface area contributed by atoms with Crippen molar-refractivity contribution in [1.29, 1.82) is 0 Å². The summed E-state index contributed by atoms with van der Waals surface area (Å²) in [6.07, 6.45) is 4.72. The van der Waals surface area contributed by atoms with Gasteiger partial charge in [0.15, 0.2) is 0 Å². The second kappa shape index (κ2) is 6.41. The molecule has 4 unspecified atom stereocenters. The molecular weight excluding hydrogens is 254 g/mol. The van der Waals surface area contributed by atoms with E-state index < -0.39 is 0 Å². The molecule has 2 N–H and O–H groups in total. The monoisotopic (exact) mass is 281 g/mol. The van der Waals surface area contributed by atoms with Crippen LogP contribution in [-0.2, 0) is 9.53 Å². The number of hydrogen-bond donors (Lipinski definition) is 2. The summed E-state index contributed by atoms with van der Waals surface area (Å²) in [6.45, 7) is 6.69. The first kappa shape index (κ1) is 14.3. The lowest BCUT2D eigenvalue weighted by atomic mass is 10.0. The van der Waals surface area contributed by atoms with E-state index in [2.05, 4.69) is 22.5 Å². The van der Waals surface area contributed by atoms with Gasteiger partial charge in [-0.25, -0.2) is 0 Å². The Labute approximate surface area is 121 Å². The van der Waals surface area contributed by atoms with Crippen molar-refractivity contribution in [3.8, 4) is 0 Å². The topological polar surface area (TPSA) is 53.6 Å². The molecule has 0 aromatic heterocycles. The van der Waals surface area contributed by atoms with Crippen molar-refractivity contribution < 1.29 is 9.53 Å². The quantitative estimate of drug-likeness (QED) is 0.764. The highest BCUT2D eigenvalue weighted by Gasteiger charge is 2.40. The van der Waals surface area contributed by atoms with Crippen LogP contribution in [0.4, 0.5) is 0 Å². The van der Waals surface area contributed by atoms with E-state index >= 15 is 0 Å². The van der Waals surface area contributed by atoms with Crippen LogP contribution in [-0.4, -0.2) is 61.8 Å². The second-order valence-corrected chi connectivity index (χ2v) is 6.35. The van der Waals surface area contributed by atoms with Gasteiger partial charge in [0, 0.05) is 24.7 Å². The third kappa shape index (κ3) is 2.85. The third-order valence-electron chi connectivity index (χ3n) is 5.01.